The molecular formula is C17H27N. The molecule has 1 heteroatoms. The molecule has 18 heavy (non-hydrogen) atoms. The Bertz CT molecular complexity index is 333. The Labute approximate surface area is 112 Å². The van der Waals surface area contributed by atoms with Gasteiger partial charge in [-0.15, -0.1) is 0 Å². The van der Waals surface area contributed by atoms with Crippen LogP contribution in [0.5, 0.6) is 0 Å². The van der Waals surface area contributed by atoms with Crippen LogP contribution in [-0.4, -0.2) is 6.04 Å². The average molecular weight is 245 g/mol. The van der Waals surface area contributed by atoms with Crippen molar-refractivity contribution in [1.29, 1.82) is 0 Å². The minimum absolute atomic E-state index is 0.569. The maximum Gasteiger partial charge on any atom is 0.0322 e. The number of nitrogens with one attached hydrogen (secondary N) is 1. The fourth-order valence-corrected chi connectivity index (χ4v) is 2.79. The van der Waals surface area contributed by atoms with Gasteiger partial charge in [0.1, 0.15) is 0 Å². The fraction of sp³-hybridized carbons (Fsp3) is 0.647. The molecule has 0 aromatic heterocycles. The summed E-state index contributed by atoms with van der Waals surface area (Å²) in [5.41, 5.74) is 1.47. The third kappa shape index (κ3) is 3.84. The van der Waals surface area contributed by atoms with E-state index in [2.05, 4.69) is 49.5 Å². The monoisotopic (exact) mass is 245 g/mol. The van der Waals surface area contributed by atoms with Crippen molar-refractivity contribution in [3.8, 4) is 0 Å². The third-order valence-corrected chi connectivity index (χ3v) is 4.16. The Morgan fingerprint density at radius 3 is 2.56 bits per heavy atom. The van der Waals surface area contributed by atoms with E-state index >= 15 is 0 Å². The molecule has 1 N–H and O–H groups in total. The zero-order valence-corrected chi connectivity index (χ0v) is 11.9. The van der Waals surface area contributed by atoms with Gasteiger partial charge in [-0.3, -0.25) is 0 Å². The summed E-state index contributed by atoms with van der Waals surface area (Å²) in [6.07, 6.45) is 7.99. The van der Waals surface area contributed by atoms with E-state index in [4.69, 9.17) is 0 Å². The van der Waals surface area contributed by atoms with Crippen LogP contribution in [-0.2, 0) is 0 Å². The number of unbranched alkanes of at least 4 members (excludes halogenated alkanes) is 2. The second-order valence-electron chi connectivity index (χ2n) is 5.64. The summed E-state index contributed by atoms with van der Waals surface area (Å²) in [4.78, 5) is 0. The van der Waals surface area contributed by atoms with Crippen LogP contribution in [0.2, 0.25) is 0 Å². The molecule has 0 amide bonds. The lowest BCUT2D eigenvalue weighted by molar-refractivity contribution is 0.457. The van der Waals surface area contributed by atoms with Gasteiger partial charge in [-0.1, -0.05) is 69.9 Å². The zero-order chi connectivity index (χ0) is 12.8. The van der Waals surface area contributed by atoms with E-state index in [-0.39, 0.29) is 0 Å². The molecular weight excluding hydrogens is 218 g/mol. The lowest BCUT2D eigenvalue weighted by Gasteiger charge is -2.19. The second kappa shape index (κ2) is 6.94. The van der Waals surface area contributed by atoms with E-state index in [0.717, 1.165) is 12.0 Å². The Kier molecular flexibility index (Phi) is 5.25. The van der Waals surface area contributed by atoms with Crippen molar-refractivity contribution in [2.24, 2.45) is 5.92 Å². The second-order valence-corrected chi connectivity index (χ2v) is 5.64. The minimum Gasteiger partial charge on any atom is -0.307 e. The molecule has 1 nitrogen and oxygen atoms in total. The molecule has 1 aromatic rings. The molecule has 1 aromatic carbocycles. The molecule has 100 valence electrons. The van der Waals surface area contributed by atoms with Gasteiger partial charge in [-0.25, -0.2) is 0 Å². The zero-order valence-electron chi connectivity index (χ0n) is 11.9. The molecule has 1 saturated carbocycles. The van der Waals surface area contributed by atoms with Crippen LogP contribution in [0.1, 0.15) is 64.0 Å². The first-order chi connectivity index (χ1) is 8.85. The largest absolute Gasteiger partial charge is 0.307 e. The van der Waals surface area contributed by atoms with E-state index in [9.17, 15) is 0 Å². The molecule has 1 fully saturated rings. The summed E-state index contributed by atoms with van der Waals surface area (Å²) in [5.74, 6) is 0.933. The van der Waals surface area contributed by atoms with Gasteiger partial charge in [0.25, 0.3) is 0 Å². The van der Waals surface area contributed by atoms with E-state index < -0.39 is 0 Å². The molecule has 1 aliphatic carbocycles. The van der Waals surface area contributed by atoms with Crippen LogP contribution in [0, 0.1) is 5.92 Å². The van der Waals surface area contributed by atoms with Crippen LogP contribution in [0.25, 0.3) is 0 Å². The highest BCUT2D eigenvalue weighted by Gasteiger charge is 2.36. The molecule has 0 bridgehead atoms. The smallest absolute Gasteiger partial charge is 0.0322 e. The van der Waals surface area contributed by atoms with Crippen molar-refractivity contribution in [3.63, 3.8) is 0 Å². The van der Waals surface area contributed by atoms with Gasteiger partial charge < -0.3 is 5.32 Å². The van der Waals surface area contributed by atoms with E-state index in [1.54, 1.807) is 0 Å². The molecule has 0 aliphatic heterocycles. The molecule has 0 spiro atoms. The average Bonchev–Trinajstić information content (AvgIpc) is 3.17. The van der Waals surface area contributed by atoms with Crippen LogP contribution >= 0.6 is 0 Å². The molecule has 0 radical (unpaired) electrons. The van der Waals surface area contributed by atoms with Gasteiger partial charge in [-0.05, 0) is 24.3 Å². The summed E-state index contributed by atoms with van der Waals surface area (Å²) in [5, 5.41) is 3.87. The van der Waals surface area contributed by atoms with E-state index in [1.807, 2.05) is 0 Å². The Hall–Kier alpha value is -0.820. The van der Waals surface area contributed by atoms with Gasteiger partial charge in [0.15, 0.2) is 0 Å². The third-order valence-electron chi connectivity index (χ3n) is 4.16. The lowest BCUT2D eigenvalue weighted by Crippen LogP contribution is -2.24. The first-order valence-corrected chi connectivity index (χ1v) is 7.66. The molecule has 0 heterocycles. The van der Waals surface area contributed by atoms with Crippen LogP contribution in [0.15, 0.2) is 30.3 Å². The minimum atomic E-state index is 0.569. The number of hydrogen-bond donors (Lipinski definition) is 1. The van der Waals surface area contributed by atoms with E-state index in [0.29, 0.717) is 6.04 Å². The fourth-order valence-electron chi connectivity index (χ4n) is 2.79. The van der Waals surface area contributed by atoms with Gasteiger partial charge in [-0.2, -0.15) is 0 Å². The van der Waals surface area contributed by atoms with Crippen LogP contribution in [0.4, 0.5) is 0 Å². The highest BCUT2D eigenvalue weighted by atomic mass is 15.0. The van der Waals surface area contributed by atoms with Gasteiger partial charge in [0.2, 0.25) is 0 Å². The summed E-state index contributed by atoms with van der Waals surface area (Å²) in [7, 11) is 0. The SMILES string of the molecule is CCCCCC(NC1CC1CC)c1ccccc1. The predicted octanol–water partition coefficient (Wildman–Crippen LogP) is 4.70. The topological polar surface area (TPSA) is 12.0 Å². The van der Waals surface area contributed by atoms with Crippen molar-refractivity contribution in [2.45, 2.75) is 64.5 Å². The Balaban J connectivity index is 1.90. The van der Waals surface area contributed by atoms with Gasteiger partial charge >= 0.3 is 0 Å². The van der Waals surface area contributed by atoms with Crippen molar-refractivity contribution in [3.05, 3.63) is 35.9 Å². The summed E-state index contributed by atoms with van der Waals surface area (Å²) < 4.78 is 0. The maximum absolute atomic E-state index is 3.87. The van der Waals surface area contributed by atoms with Gasteiger partial charge in [0.05, 0.1) is 0 Å². The highest BCUT2D eigenvalue weighted by Crippen LogP contribution is 2.36. The highest BCUT2D eigenvalue weighted by molar-refractivity contribution is 5.19. The first kappa shape index (κ1) is 13.6. The van der Waals surface area contributed by atoms with Crippen molar-refractivity contribution < 1.29 is 0 Å². The number of rotatable bonds is 8. The normalized spacial score (nSPS) is 23.9. The standard InChI is InChI=1S/C17H27N/c1-3-5-7-12-16(15-10-8-6-9-11-15)18-17-13-14(17)4-2/h6,8-11,14,16-18H,3-5,7,12-13H2,1-2H3. The number of benzene rings is 1. The van der Waals surface area contributed by atoms with Crippen molar-refractivity contribution in [1.82, 2.24) is 5.32 Å². The summed E-state index contributed by atoms with van der Waals surface area (Å²) in [6.45, 7) is 4.58. The first-order valence-electron chi connectivity index (χ1n) is 7.66. The molecule has 1 aliphatic rings. The summed E-state index contributed by atoms with van der Waals surface area (Å²) in [6, 6.07) is 12.3. The maximum atomic E-state index is 3.87. The van der Waals surface area contributed by atoms with Gasteiger partial charge in [0, 0.05) is 12.1 Å². The lowest BCUT2D eigenvalue weighted by atomic mass is 10.0. The van der Waals surface area contributed by atoms with E-state index in [1.165, 1.54) is 44.1 Å². The Morgan fingerprint density at radius 1 is 1.17 bits per heavy atom. The van der Waals surface area contributed by atoms with Crippen molar-refractivity contribution in [2.75, 3.05) is 0 Å². The quantitative estimate of drug-likeness (QED) is 0.655. The number of hydrogen-bond acceptors (Lipinski definition) is 1. The summed E-state index contributed by atoms with van der Waals surface area (Å²) >= 11 is 0. The molecule has 2 rings (SSSR count). The molecule has 3 unspecified atom stereocenters. The van der Waals surface area contributed by atoms with Crippen LogP contribution in [0.3, 0.4) is 0 Å². The molecule has 3 atom stereocenters. The predicted molar refractivity (Wildman–Crippen MR) is 78.6 cm³/mol. The molecule has 0 saturated heterocycles. The van der Waals surface area contributed by atoms with Crippen molar-refractivity contribution >= 4 is 0 Å². The van der Waals surface area contributed by atoms with Crippen LogP contribution < -0.4 is 5.32 Å². The Morgan fingerprint density at radius 2 is 1.94 bits per heavy atom.